The van der Waals surface area contributed by atoms with Crippen LogP contribution in [0.3, 0.4) is 0 Å². The van der Waals surface area contributed by atoms with Crippen molar-refractivity contribution in [2.75, 3.05) is 18.0 Å². The van der Waals surface area contributed by atoms with Crippen LogP contribution in [0.1, 0.15) is 52.8 Å². The third kappa shape index (κ3) is 4.78. The van der Waals surface area contributed by atoms with Gasteiger partial charge in [-0.25, -0.2) is 0 Å². The van der Waals surface area contributed by atoms with E-state index in [0.717, 1.165) is 13.1 Å². The minimum atomic E-state index is 0.616. The summed E-state index contributed by atoms with van der Waals surface area (Å²) in [6.45, 7) is 11.5. The van der Waals surface area contributed by atoms with E-state index in [2.05, 4.69) is 48.1 Å². The SMILES string of the molecule is CC(C)CCN(c1nnc(CNCC(C)C)o1)C1CC1. The molecule has 1 saturated carbocycles. The first-order valence-corrected chi connectivity index (χ1v) is 7.86. The Kier molecular flexibility index (Phi) is 5.40. The monoisotopic (exact) mass is 280 g/mol. The number of hydrogen-bond acceptors (Lipinski definition) is 5. The van der Waals surface area contributed by atoms with E-state index in [9.17, 15) is 0 Å². The molecular weight excluding hydrogens is 252 g/mol. The number of anilines is 1. The van der Waals surface area contributed by atoms with Crippen LogP contribution >= 0.6 is 0 Å². The highest BCUT2D eigenvalue weighted by Gasteiger charge is 2.32. The summed E-state index contributed by atoms with van der Waals surface area (Å²) in [6, 6.07) is 1.32. The van der Waals surface area contributed by atoms with Crippen LogP contribution in [0.2, 0.25) is 0 Å². The summed E-state index contributed by atoms with van der Waals surface area (Å²) >= 11 is 0. The molecule has 0 aromatic carbocycles. The van der Waals surface area contributed by atoms with Gasteiger partial charge in [0.05, 0.1) is 6.54 Å². The zero-order valence-electron chi connectivity index (χ0n) is 13.2. The van der Waals surface area contributed by atoms with E-state index in [1.54, 1.807) is 0 Å². The lowest BCUT2D eigenvalue weighted by Gasteiger charge is -2.20. The van der Waals surface area contributed by atoms with Gasteiger partial charge in [-0.3, -0.25) is 0 Å². The lowest BCUT2D eigenvalue weighted by atomic mass is 10.1. The summed E-state index contributed by atoms with van der Waals surface area (Å²) in [5.74, 6) is 2.02. The van der Waals surface area contributed by atoms with Gasteiger partial charge in [0.2, 0.25) is 5.89 Å². The molecule has 1 aliphatic rings. The molecule has 0 radical (unpaired) electrons. The van der Waals surface area contributed by atoms with Gasteiger partial charge in [-0.05, 0) is 37.6 Å². The van der Waals surface area contributed by atoms with E-state index in [1.165, 1.54) is 19.3 Å². The van der Waals surface area contributed by atoms with Crippen LogP contribution in [0.25, 0.3) is 0 Å². The van der Waals surface area contributed by atoms with E-state index in [0.29, 0.717) is 36.3 Å². The molecule has 114 valence electrons. The highest BCUT2D eigenvalue weighted by atomic mass is 16.4. The Labute approximate surface area is 122 Å². The second-order valence-corrected chi connectivity index (χ2v) is 6.61. The van der Waals surface area contributed by atoms with Gasteiger partial charge in [0.1, 0.15) is 0 Å². The molecule has 1 aromatic rings. The molecule has 1 aromatic heterocycles. The smallest absolute Gasteiger partial charge is 0.318 e. The molecule has 5 nitrogen and oxygen atoms in total. The number of nitrogens with zero attached hydrogens (tertiary/aromatic N) is 3. The quantitative estimate of drug-likeness (QED) is 0.754. The Morgan fingerprint density at radius 3 is 2.55 bits per heavy atom. The van der Waals surface area contributed by atoms with Crippen LogP contribution in [-0.2, 0) is 6.54 Å². The average Bonchev–Trinajstić information content (AvgIpc) is 3.09. The first kappa shape index (κ1) is 15.3. The van der Waals surface area contributed by atoms with Crippen LogP contribution in [0.5, 0.6) is 0 Å². The summed E-state index contributed by atoms with van der Waals surface area (Å²) in [5, 5.41) is 11.7. The Morgan fingerprint density at radius 2 is 1.95 bits per heavy atom. The molecule has 0 atom stereocenters. The molecule has 0 aliphatic heterocycles. The van der Waals surface area contributed by atoms with Crippen molar-refractivity contribution in [2.24, 2.45) is 11.8 Å². The molecule has 0 bridgehead atoms. The topological polar surface area (TPSA) is 54.2 Å². The second-order valence-electron chi connectivity index (χ2n) is 6.61. The predicted octanol–water partition coefficient (Wildman–Crippen LogP) is 2.83. The number of hydrogen-bond donors (Lipinski definition) is 1. The van der Waals surface area contributed by atoms with Gasteiger partial charge < -0.3 is 14.6 Å². The van der Waals surface area contributed by atoms with Crippen LogP contribution in [0.15, 0.2) is 4.42 Å². The zero-order valence-corrected chi connectivity index (χ0v) is 13.2. The maximum absolute atomic E-state index is 5.80. The first-order chi connectivity index (χ1) is 9.56. The second kappa shape index (κ2) is 7.07. The van der Waals surface area contributed by atoms with Crippen molar-refractivity contribution < 1.29 is 4.42 Å². The van der Waals surface area contributed by atoms with Crippen LogP contribution < -0.4 is 10.2 Å². The van der Waals surface area contributed by atoms with E-state index in [4.69, 9.17) is 4.42 Å². The minimum absolute atomic E-state index is 0.616. The molecule has 1 fully saturated rings. The fraction of sp³-hybridized carbons (Fsp3) is 0.867. The van der Waals surface area contributed by atoms with E-state index in [1.807, 2.05) is 0 Å². The van der Waals surface area contributed by atoms with Gasteiger partial charge in [-0.15, -0.1) is 5.10 Å². The summed E-state index contributed by atoms with van der Waals surface area (Å²) in [6.07, 6.45) is 3.67. The van der Waals surface area contributed by atoms with E-state index < -0.39 is 0 Å². The lowest BCUT2D eigenvalue weighted by Crippen LogP contribution is -2.28. The molecule has 0 saturated heterocycles. The zero-order chi connectivity index (χ0) is 14.5. The number of nitrogens with one attached hydrogen (secondary N) is 1. The molecule has 0 amide bonds. The van der Waals surface area contributed by atoms with E-state index in [-0.39, 0.29) is 0 Å². The first-order valence-electron chi connectivity index (χ1n) is 7.86. The van der Waals surface area contributed by atoms with Crippen molar-refractivity contribution in [1.82, 2.24) is 15.5 Å². The van der Waals surface area contributed by atoms with Gasteiger partial charge in [-0.1, -0.05) is 32.8 Å². The summed E-state index contributed by atoms with van der Waals surface area (Å²) in [7, 11) is 0. The Hall–Kier alpha value is -1.10. The molecule has 1 N–H and O–H groups in total. The fourth-order valence-electron chi connectivity index (χ4n) is 2.12. The van der Waals surface area contributed by atoms with Crippen LogP contribution in [0.4, 0.5) is 6.01 Å². The van der Waals surface area contributed by atoms with Gasteiger partial charge >= 0.3 is 6.01 Å². The van der Waals surface area contributed by atoms with Crippen LogP contribution in [-0.4, -0.2) is 29.3 Å². The minimum Gasteiger partial charge on any atom is -0.407 e. The Balaban J connectivity index is 1.87. The molecule has 1 heterocycles. The third-order valence-electron chi connectivity index (χ3n) is 3.47. The van der Waals surface area contributed by atoms with E-state index >= 15 is 0 Å². The predicted molar refractivity (Wildman–Crippen MR) is 80.7 cm³/mol. The number of rotatable bonds is 9. The van der Waals surface area contributed by atoms with Crippen molar-refractivity contribution in [3.63, 3.8) is 0 Å². The van der Waals surface area contributed by atoms with Gasteiger partial charge in [0.15, 0.2) is 0 Å². The Bertz CT molecular complexity index is 398. The summed E-state index contributed by atoms with van der Waals surface area (Å²) in [5.41, 5.74) is 0. The van der Waals surface area contributed by atoms with Gasteiger partial charge in [-0.2, -0.15) is 0 Å². The average molecular weight is 280 g/mol. The maximum Gasteiger partial charge on any atom is 0.318 e. The molecule has 0 unspecified atom stereocenters. The molecule has 5 heteroatoms. The highest BCUT2D eigenvalue weighted by Crippen LogP contribution is 2.31. The van der Waals surface area contributed by atoms with Crippen molar-refractivity contribution in [3.8, 4) is 0 Å². The standard InChI is InChI=1S/C15H28N4O/c1-11(2)7-8-19(13-5-6-13)15-18-17-14(20-15)10-16-9-12(3)4/h11-13,16H,5-10H2,1-4H3. The van der Waals surface area contributed by atoms with Crippen molar-refractivity contribution in [3.05, 3.63) is 5.89 Å². The normalized spacial score (nSPS) is 15.3. The van der Waals surface area contributed by atoms with Gasteiger partial charge in [0, 0.05) is 12.6 Å². The van der Waals surface area contributed by atoms with Crippen molar-refractivity contribution in [2.45, 2.75) is 59.5 Å². The number of aromatic nitrogens is 2. The molecule has 20 heavy (non-hydrogen) atoms. The largest absolute Gasteiger partial charge is 0.407 e. The molecule has 1 aliphatic carbocycles. The van der Waals surface area contributed by atoms with Crippen molar-refractivity contribution >= 4 is 6.01 Å². The summed E-state index contributed by atoms with van der Waals surface area (Å²) in [4.78, 5) is 2.29. The third-order valence-corrected chi connectivity index (χ3v) is 3.47. The highest BCUT2D eigenvalue weighted by molar-refractivity contribution is 5.29. The molecule has 0 spiro atoms. The van der Waals surface area contributed by atoms with Gasteiger partial charge in [0.25, 0.3) is 0 Å². The summed E-state index contributed by atoms with van der Waals surface area (Å²) < 4.78 is 5.80. The Morgan fingerprint density at radius 1 is 1.20 bits per heavy atom. The maximum atomic E-state index is 5.80. The molecule has 2 rings (SSSR count). The van der Waals surface area contributed by atoms with Crippen LogP contribution in [0, 0.1) is 11.8 Å². The lowest BCUT2D eigenvalue weighted by molar-refractivity contribution is 0.441. The molecular formula is C15H28N4O. The fourth-order valence-corrected chi connectivity index (χ4v) is 2.12. The van der Waals surface area contributed by atoms with Crippen molar-refractivity contribution in [1.29, 1.82) is 0 Å².